The fraction of sp³-hybridized carbons (Fsp3) is 0.500. The van der Waals surface area contributed by atoms with Gasteiger partial charge in [0.1, 0.15) is 6.07 Å². The van der Waals surface area contributed by atoms with E-state index < -0.39 is 0 Å². The minimum absolute atomic E-state index is 0.722. The third-order valence-corrected chi connectivity index (χ3v) is 4.50. The van der Waals surface area contributed by atoms with Crippen LogP contribution in [0.3, 0.4) is 0 Å². The van der Waals surface area contributed by atoms with E-state index >= 15 is 0 Å². The van der Waals surface area contributed by atoms with Gasteiger partial charge in [0, 0.05) is 49.8 Å². The van der Waals surface area contributed by atoms with Gasteiger partial charge in [0.2, 0.25) is 0 Å². The highest BCUT2D eigenvalue weighted by atomic mass is 79.9. The molecule has 0 aliphatic carbocycles. The maximum atomic E-state index is 9.22. The molecule has 2 saturated heterocycles. The quantitative estimate of drug-likeness (QED) is 0.894. The summed E-state index contributed by atoms with van der Waals surface area (Å²) in [6, 6.07) is 8.89. The van der Waals surface area contributed by atoms with Gasteiger partial charge in [-0.05, 0) is 18.2 Å². The first kappa shape index (κ1) is 12.9. The summed E-state index contributed by atoms with van der Waals surface area (Å²) in [6.07, 6.45) is 0. The summed E-state index contributed by atoms with van der Waals surface area (Å²) in [6.45, 7) is 6.43. The molecule has 5 heteroatoms. The van der Waals surface area contributed by atoms with Crippen molar-refractivity contribution in [2.24, 2.45) is 0 Å². The summed E-state index contributed by atoms with van der Waals surface area (Å²) >= 11 is 3.49. The molecule has 2 heterocycles. The molecule has 1 N–H and O–H groups in total. The lowest BCUT2D eigenvalue weighted by atomic mass is 10.1. The minimum atomic E-state index is 0.722. The summed E-state index contributed by atoms with van der Waals surface area (Å²) in [5, 5.41) is 12.5. The van der Waals surface area contributed by atoms with E-state index in [4.69, 9.17) is 0 Å². The first-order valence-electron chi connectivity index (χ1n) is 6.67. The second-order valence-electron chi connectivity index (χ2n) is 5.11. The van der Waals surface area contributed by atoms with E-state index in [0.717, 1.165) is 61.0 Å². The number of nitriles is 1. The van der Waals surface area contributed by atoms with Gasteiger partial charge in [0.05, 0.1) is 11.3 Å². The average molecular weight is 321 g/mol. The first-order chi connectivity index (χ1) is 9.28. The van der Waals surface area contributed by atoms with E-state index in [1.807, 2.05) is 12.1 Å². The van der Waals surface area contributed by atoms with Gasteiger partial charge in [-0.3, -0.25) is 4.90 Å². The van der Waals surface area contributed by atoms with Crippen LogP contribution in [0.25, 0.3) is 0 Å². The summed E-state index contributed by atoms with van der Waals surface area (Å²) in [5.74, 6) is 0. The summed E-state index contributed by atoms with van der Waals surface area (Å²) in [4.78, 5) is 4.88. The van der Waals surface area contributed by atoms with E-state index in [-0.39, 0.29) is 0 Å². The Morgan fingerprint density at radius 1 is 1.21 bits per heavy atom. The van der Waals surface area contributed by atoms with E-state index in [0.29, 0.717) is 0 Å². The topological polar surface area (TPSA) is 42.3 Å². The number of nitrogens with zero attached hydrogens (tertiary/aromatic N) is 3. The Morgan fingerprint density at radius 3 is 2.53 bits per heavy atom. The monoisotopic (exact) mass is 320 g/mol. The molecular weight excluding hydrogens is 304 g/mol. The van der Waals surface area contributed by atoms with Gasteiger partial charge in [0.25, 0.3) is 0 Å². The molecule has 2 fully saturated rings. The fourth-order valence-electron chi connectivity index (χ4n) is 2.72. The Morgan fingerprint density at radius 2 is 1.95 bits per heavy atom. The third-order valence-electron chi connectivity index (χ3n) is 4.01. The lowest BCUT2D eigenvalue weighted by molar-refractivity contribution is 0.138. The van der Waals surface area contributed by atoms with Crippen molar-refractivity contribution in [2.45, 2.75) is 6.04 Å². The van der Waals surface area contributed by atoms with E-state index in [9.17, 15) is 5.26 Å². The van der Waals surface area contributed by atoms with Gasteiger partial charge in [-0.15, -0.1) is 0 Å². The maximum absolute atomic E-state index is 9.22. The van der Waals surface area contributed by atoms with Gasteiger partial charge in [-0.25, -0.2) is 0 Å². The van der Waals surface area contributed by atoms with Crippen molar-refractivity contribution in [3.63, 3.8) is 0 Å². The predicted octanol–water partition coefficient (Wildman–Crippen LogP) is 1.41. The molecule has 1 aromatic carbocycles. The molecule has 3 rings (SSSR count). The number of anilines is 1. The second kappa shape index (κ2) is 5.49. The summed E-state index contributed by atoms with van der Waals surface area (Å²) in [7, 11) is 0. The van der Waals surface area contributed by atoms with Crippen LogP contribution in [-0.4, -0.2) is 50.2 Å². The molecule has 0 saturated carbocycles. The van der Waals surface area contributed by atoms with Crippen molar-refractivity contribution >= 4 is 21.6 Å². The van der Waals surface area contributed by atoms with Crippen LogP contribution in [0, 0.1) is 11.3 Å². The van der Waals surface area contributed by atoms with Crippen molar-refractivity contribution in [1.82, 2.24) is 10.2 Å². The first-order valence-corrected chi connectivity index (χ1v) is 7.46. The summed E-state index contributed by atoms with van der Waals surface area (Å²) in [5.41, 5.74) is 1.82. The fourth-order valence-corrected chi connectivity index (χ4v) is 3.07. The van der Waals surface area contributed by atoms with Crippen LogP contribution in [0.15, 0.2) is 22.7 Å². The van der Waals surface area contributed by atoms with Gasteiger partial charge >= 0.3 is 0 Å². The number of hydrogen-bond acceptors (Lipinski definition) is 4. The number of halogens is 1. The zero-order chi connectivity index (χ0) is 13.2. The van der Waals surface area contributed by atoms with Crippen LogP contribution in [0.1, 0.15) is 5.56 Å². The zero-order valence-electron chi connectivity index (χ0n) is 10.8. The Labute approximate surface area is 122 Å². The molecule has 0 spiro atoms. The van der Waals surface area contributed by atoms with Crippen LogP contribution >= 0.6 is 15.9 Å². The molecule has 0 amide bonds. The van der Waals surface area contributed by atoms with Gasteiger partial charge < -0.3 is 10.2 Å². The minimum Gasteiger partial charge on any atom is -0.368 e. The molecule has 2 aliphatic rings. The number of rotatable bonds is 2. The average Bonchev–Trinajstić information content (AvgIpc) is 2.37. The van der Waals surface area contributed by atoms with E-state index in [1.165, 1.54) is 0 Å². The zero-order valence-corrected chi connectivity index (χ0v) is 12.4. The summed E-state index contributed by atoms with van der Waals surface area (Å²) < 4.78 is 1.03. The van der Waals surface area contributed by atoms with Crippen LogP contribution in [0.5, 0.6) is 0 Å². The van der Waals surface area contributed by atoms with E-state index in [1.54, 1.807) is 0 Å². The Balaban J connectivity index is 1.71. The largest absolute Gasteiger partial charge is 0.368 e. The molecule has 0 unspecified atom stereocenters. The van der Waals surface area contributed by atoms with Crippen molar-refractivity contribution in [1.29, 1.82) is 5.26 Å². The van der Waals surface area contributed by atoms with Gasteiger partial charge in [-0.2, -0.15) is 5.26 Å². The molecule has 0 atom stereocenters. The molecular formula is C14H17BrN4. The third kappa shape index (κ3) is 2.62. The van der Waals surface area contributed by atoms with Gasteiger partial charge in [0.15, 0.2) is 0 Å². The van der Waals surface area contributed by atoms with Gasteiger partial charge in [-0.1, -0.05) is 15.9 Å². The number of benzene rings is 1. The number of piperazine rings is 1. The van der Waals surface area contributed by atoms with E-state index in [2.05, 4.69) is 43.2 Å². The molecule has 0 aromatic heterocycles. The SMILES string of the molecule is N#Cc1ccc(Br)cc1N1CCN(C2CNC2)CC1. The number of nitrogens with one attached hydrogen (secondary N) is 1. The molecule has 1 aromatic rings. The Bertz CT molecular complexity index is 499. The second-order valence-corrected chi connectivity index (χ2v) is 6.02. The lowest BCUT2D eigenvalue weighted by Crippen LogP contribution is -2.61. The van der Waals surface area contributed by atoms with Crippen LogP contribution in [0.4, 0.5) is 5.69 Å². The lowest BCUT2D eigenvalue weighted by Gasteiger charge is -2.44. The highest BCUT2D eigenvalue weighted by molar-refractivity contribution is 9.10. The standard InChI is InChI=1S/C14H17BrN4/c15-12-2-1-11(8-16)14(7-12)19-5-3-18(4-6-19)13-9-17-10-13/h1-2,7,13,17H,3-6,9-10H2. The highest BCUT2D eigenvalue weighted by Crippen LogP contribution is 2.26. The van der Waals surface area contributed by atoms with Crippen molar-refractivity contribution in [2.75, 3.05) is 44.2 Å². The van der Waals surface area contributed by atoms with Crippen molar-refractivity contribution in [3.05, 3.63) is 28.2 Å². The number of hydrogen-bond donors (Lipinski definition) is 1. The van der Waals surface area contributed by atoms with Crippen LogP contribution < -0.4 is 10.2 Å². The van der Waals surface area contributed by atoms with Crippen LogP contribution in [0.2, 0.25) is 0 Å². The molecule has 0 radical (unpaired) electrons. The van der Waals surface area contributed by atoms with Crippen molar-refractivity contribution < 1.29 is 0 Å². The smallest absolute Gasteiger partial charge is 0.101 e. The molecule has 0 bridgehead atoms. The Hall–Kier alpha value is -1.09. The molecule has 4 nitrogen and oxygen atoms in total. The molecule has 2 aliphatic heterocycles. The highest BCUT2D eigenvalue weighted by Gasteiger charge is 2.28. The maximum Gasteiger partial charge on any atom is 0.101 e. The predicted molar refractivity (Wildman–Crippen MR) is 79.3 cm³/mol. The Kier molecular flexibility index (Phi) is 3.74. The molecule has 100 valence electrons. The normalized spacial score (nSPS) is 20.9. The molecule has 19 heavy (non-hydrogen) atoms. The van der Waals surface area contributed by atoms with Crippen molar-refractivity contribution in [3.8, 4) is 6.07 Å². The van der Waals surface area contributed by atoms with Crippen LogP contribution in [-0.2, 0) is 0 Å².